The molecule has 0 unspecified atom stereocenters. The van der Waals surface area contributed by atoms with Gasteiger partial charge in [-0.3, -0.25) is 9.89 Å². The molecule has 0 aliphatic heterocycles. The van der Waals surface area contributed by atoms with Crippen LogP contribution in [0.3, 0.4) is 0 Å². The Morgan fingerprint density at radius 2 is 1.75 bits per heavy atom. The summed E-state index contributed by atoms with van der Waals surface area (Å²) < 4.78 is 1.37. The Bertz CT molecular complexity index is 729. The summed E-state index contributed by atoms with van der Waals surface area (Å²) in [5, 5.41) is 12.0. The predicted molar refractivity (Wildman–Crippen MR) is 94.8 cm³/mol. The minimum absolute atomic E-state index is 0.179. The van der Waals surface area contributed by atoms with Crippen molar-refractivity contribution in [1.82, 2.24) is 9.78 Å². The highest BCUT2D eigenvalue weighted by Crippen LogP contribution is 2.14. The van der Waals surface area contributed by atoms with E-state index in [9.17, 15) is 9.59 Å². The van der Waals surface area contributed by atoms with E-state index < -0.39 is 5.97 Å². The van der Waals surface area contributed by atoms with Crippen LogP contribution in [-0.2, 0) is 6.42 Å². The van der Waals surface area contributed by atoms with Gasteiger partial charge in [-0.05, 0) is 37.1 Å². The van der Waals surface area contributed by atoms with E-state index in [1.165, 1.54) is 42.5 Å². The summed E-state index contributed by atoms with van der Waals surface area (Å²) in [5.41, 5.74) is 7.37. The molecule has 6 nitrogen and oxygen atoms in total. The lowest BCUT2D eigenvalue weighted by atomic mass is 10.1. The number of rotatable bonds is 9. The van der Waals surface area contributed by atoms with Gasteiger partial charge in [0.25, 0.3) is 5.56 Å². The smallest absolute Gasteiger partial charge is 0.335 e. The Morgan fingerprint density at radius 1 is 1.12 bits per heavy atom. The second-order valence-electron chi connectivity index (χ2n) is 6.01. The van der Waals surface area contributed by atoms with Gasteiger partial charge in [-0.15, -0.1) is 0 Å². The molecule has 0 radical (unpaired) electrons. The standard InChI is InChI=1S/C18H25N3O3/c1-2-3-4-5-6-7-8-15-16(19)17(22)21(20-15)14-11-9-13(10-12-14)18(23)24/h9-12,20H,2-8,19H2,1H3,(H,23,24). The highest BCUT2D eigenvalue weighted by atomic mass is 16.4. The normalized spacial score (nSPS) is 10.9. The molecule has 130 valence electrons. The van der Waals surface area contributed by atoms with Crippen molar-refractivity contribution < 1.29 is 9.90 Å². The lowest BCUT2D eigenvalue weighted by Crippen LogP contribution is -2.16. The molecular weight excluding hydrogens is 306 g/mol. The zero-order valence-electron chi connectivity index (χ0n) is 14.0. The van der Waals surface area contributed by atoms with Crippen LogP contribution in [0.1, 0.15) is 61.5 Å². The summed E-state index contributed by atoms with van der Waals surface area (Å²) in [6.45, 7) is 2.19. The number of nitrogen functional groups attached to an aromatic ring is 1. The molecule has 0 spiro atoms. The number of aromatic amines is 1. The van der Waals surface area contributed by atoms with Crippen LogP contribution >= 0.6 is 0 Å². The van der Waals surface area contributed by atoms with Gasteiger partial charge in [-0.2, -0.15) is 0 Å². The third-order valence-electron chi connectivity index (χ3n) is 4.16. The van der Waals surface area contributed by atoms with Crippen LogP contribution in [0.5, 0.6) is 0 Å². The largest absolute Gasteiger partial charge is 0.478 e. The number of nitrogens with one attached hydrogen (secondary N) is 1. The monoisotopic (exact) mass is 331 g/mol. The van der Waals surface area contributed by atoms with E-state index >= 15 is 0 Å². The maximum absolute atomic E-state index is 12.3. The molecule has 24 heavy (non-hydrogen) atoms. The summed E-state index contributed by atoms with van der Waals surface area (Å²) >= 11 is 0. The van der Waals surface area contributed by atoms with Crippen molar-refractivity contribution in [2.45, 2.75) is 51.9 Å². The highest BCUT2D eigenvalue weighted by molar-refractivity contribution is 5.87. The van der Waals surface area contributed by atoms with Crippen LogP contribution in [0.15, 0.2) is 29.1 Å². The number of nitrogens with zero attached hydrogens (tertiary/aromatic N) is 1. The lowest BCUT2D eigenvalue weighted by molar-refractivity contribution is 0.0697. The molecule has 2 aromatic rings. The molecule has 6 heteroatoms. The summed E-state index contributed by atoms with van der Waals surface area (Å²) in [5.74, 6) is -0.997. The fraction of sp³-hybridized carbons (Fsp3) is 0.444. The number of carbonyl (C=O) groups is 1. The van der Waals surface area contributed by atoms with Crippen molar-refractivity contribution in [3.05, 3.63) is 45.9 Å². The van der Waals surface area contributed by atoms with E-state index in [0.29, 0.717) is 5.69 Å². The maximum Gasteiger partial charge on any atom is 0.335 e. The van der Waals surface area contributed by atoms with E-state index in [1.807, 2.05) is 0 Å². The van der Waals surface area contributed by atoms with Gasteiger partial charge in [-0.1, -0.05) is 39.0 Å². The Kier molecular flexibility index (Phi) is 6.23. The fourth-order valence-electron chi connectivity index (χ4n) is 2.70. The number of aromatic carboxylic acids is 1. The second kappa shape index (κ2) is 8.38. The molecule has 1 aromatic heterocycles. The third kappa shape index (κ3) is 4.28. The third-order valence-corrected chi connectivity index (χ3v) is 4.16. The van der Waals surface area contributed by atoms with Gasteiger partial charge in [0.2, 0.25) is 0 Å². The molecule has 4 N–H and O–H groups in total. The Labute approximate surface area is 141 Å². The number of hydrogen-bond acceptors (Lipinski definition) is 3. The number of unbranched alkanes of at least 4 members (excludes halogenated alkanes) is 5. The van der Waals surface area contributed by atoms with Crippen LogP contribution in [0.25, 0.3) is 5.69 Å². The van der Waals surface area contributed by atoms with Crippen molar-refractivity contribution in [3.63, 3.8) is 0 Å². The van der Waals surface area contributed by atoms with Crippen LogP contribution in [-0.4, -0.2) is 20.9 Å². The molecule has 1 heterocycles. The van der Waals surface area contributed by atoms with Crippen molar-refractivity contribution in [1.29, 1.82) is 0 Å². The summed E-state index contributed by atoms with van der Waals surface area (Å²) in [4.78, 5) is 23.2. The molecule has 0 bridgehead atoms. The molecule has 0 aliphatic rings. The van der Waals surface area contributed by atoms with Crippen molar-refractivity contribution in [2.24, 2.45) is 0 Å². The number of H-pyrrole nitrogens is 1. The first-order valence-electron chi connectivity index (χ1n) is 8.47. The summed E-state index contributed by atoms with van der Waals surface area (Å²) in [6, 6.07) is 6.12. The SMILES string of the molecule is CCCCCCCCc1[nH]n(-c2ccc(C(=O)O)cc2)c(=O)c1N. The Balaban J connectivity index is 2.05. The van der Waals surface area contributed by atoms with Gasteiger partial charge in [0.15, 0.2) is 0 Å². The fourth-order valence-corrected chi connectivity index (χ4v) is 2.70. The predicted octanol–water partition coefficient (Wildman–Crippen LogP) is 3.35. The van der Waals surface area contributed by atoms with E-state index in [4.69, 9.17) is 10.8 Å². The van der Waals surface area contributed by atoms with Crippen LogP contribution in [0.4, 0.5) is 5.69 Å². The number of hydrogen-bond donors (Lipinski definition) is 3. The number of anilines is 1. The number of aryl methyl sites for hydroxylation is 1. The number of carboxylic acid groups (broad SMARTS) is 1. The second-order valence-corrected chi connectivity index (χ2v) is 6.01. The van der Waals surface area contributed by atoms with Gasteiger partial charge < -0.3 is 10.8 Å². The summed E-state index contributed by atoms with van der Waals surface area (Å²) in [7, 11) is 0. The first-order chi connectivity index (χ1) is 11.5. The van der Waals surface area contributed by atoms with E-state index in [-0.39, 0.29) is 16.8 Å². The molecule has 0 atom stereocenters. The average molecular weight is 331 g/mol. The van der Waals surface area contributed by atoms with Gasteiger partial charge in [0.1, 0.15) is 5.69 Å². The highest BCUT2D eigenvalue weighted by Gasteiger charge is 2.12. The number of nitrogens with two attached hydrogens (primary N) is 1. The van der Waals surface area contributed by atoms with Gasteiger partial charge >= 0.3 is 5.97 Å². The van der Waals surface area contributed by atoms with Crippen molar-refractivity contribution >= 4 is 11.7 Å². The van der Waals surface area contributed by atoms with Gasteiger partial charge in [0, 0.05) is 0 Å². The van der Waals surface area contributed by atoms with E-state index in [0.717, 1.165) is 25.0 Å². The molecule has 0 saturated heterocycles. The van der Waals surface area contributed by atoms with Crippen molar-refractivity contribution in [3.8, 4) is 5.69 Å². The first-order valence-corrected chi connectivity index (χ1v) is 8.47. The molecule has 0 fully saturated rings. The van der Waals surface area contributed by atoms with Gasteiger partial charge in [0.05, 0.1) is 16.9 Å². The van der Waals surface area contributed by atoms with Gasteiger partial charge in [-0.25, -0.2) is 9.48 Å². The number of benzene rings is 1. The molecule has 0 saturated carbocycles. The number of aromatic nitrogens is 2. The minimum Gasteiger partial charge on any atom is -0.478 e. The van der Waals surface area contributed by atoms with Crippen LogP contribution in [0.2, 0.25) is 0 Å². The van der Waals surface area contributed by atoms with Crippen molar-refractivity contribution in [2.75, 3.05) is 5.73 Å². The average Bonchev–Trinajstić information content (AvgIpc) is 2.86. The summed E-state index contributed by atoms with van der Waals surface area (Å²) in [6.07, 6.45) is 7.80. The van der Waals surface area contributed by atoms with Crippen LogP contribution in [0, 0.1) is 0 Å². The minimum atomic E-state index is -0.997. The van der Waals surface area contributed by atoms with E-state index in [1.54, 1.807) is 12.1 Å². The zero-order chi connectivity index (χ0) is 17.5. The lowest BCUT2D eigenvalue weighted by Gasteiger charge is -2.03. The molecule has 1 aromatic carbocycles. The quantitative estimate of drug-likeness (QED) is 0.613. The topological polar surface area (TPSA) is 101 Å². The Hall–Kier alpha value is -2.50. The molecule has 0 amide bonds. The molecule has 2 rings (SSSR count). The number of carboxylic acids is 1. The molecule has 0 aliphatic carbocycles. The van der Waals surface area contributed by atoms with Crippen LogP contribution < -0.4 is 11.3 Å². The maximum atomic E-state index is 12.3. The van der Waals surface area contributed by atoms with E-state index in [2.05, 4.69) is 12.0 Å². The first kappa shape index (κ1) is 17.8. The molecular formula is C18H25N3O3. The Morgan fingerprint density at radius 3 is 2.38 bits per heavy atom. The zero-order valence-corrected chi connectivity index (χ0v) is 14.0.